The van der Waals surface area contributed by atoms with Crippen molar-refractivity contribution >= 4 is 46.7 Å². The largest absolute Gasteiger partial charge is 0.213 e. The van der Waals surface area contributed by atoms with E-state index in [1.54, 1.807) is 0 Å². The number of rotatable bonds is 3. The van der Waals surface area contributed by atoms with Crippen LogP contribution in [0.5, 0.6) is 0 Å². The van der Waals surface area contributed by atoms with Crippen LogP contribution < -0.4 is 0 Å². The molecule has 2 atom stereocenters. The first-order valence-electron chi connectivity index (χ1n) is 3.17. The number of hydrogen-bond acceptors (Lipinski definition) is 0. The van der Waals surface area contributed by atoms with Crippen molar-refractivity contribution in [2.45, 2.75) is 0 Å². The van der Waals surface area contributed by atoms with Gasteiger partial charge in [-0.1, -0.05) is 0 Å². The zero-order chi connectivity index (χ0) is 7.44. The van der Waals surface area contributed by atoms with Crippen molar-refractivity contribution in [1.82, 2.24) is 0 Å². The molecule has 0 amide bonds. The molecule has 0 saturated heterocycles. The molecular formula is H7B3IrP3. The molecule has 2 unspecified atom stereocenters. The van der Waals surface area contributed by atoms with Crippen molar-refractivity contribution in [2.24, 2.45) is 0 Å². The Hall–Kier alpha value is 2.13. The molecule has 0 nitrogen and oxygen atoms in total. The predicted molar refractivity (Wildman–Crippen MR) is 47.8 cm³/mol. The molecule has 0 aliphatic carbocycles. The Balaban J connectivity index is 0. The van der Waals surface area contributed by atoms with Crippen LogP contribution in [0.4, 0.5) is 0 Å². The Morgan fingerprint density at radius 1 is 1.71 bits per heavy atom. The Morgan fingerprint density at radius 2 is 2.14 bits per heavy atom. The van der Waals surface area contributed by atoms with Gasteiger partial charge in [0.05, 0.1) is 0 Å². The Labute approximate surface area is 71.0 Å². The molecule has 2 radical (unpaired) electrons. The van der Waals surface area contributed by atoms with E-state index in [1.807, 2.05) is 0 Å². The van der Waals surface area contributed by atoms with E-state index in [0.717, 1.165) is 0 Å². The Kier molecular flexibility index (Phi) is 6.84. The van der Waals surface area contributed by atoms with E-state index in [4.69, 9.17) is 4.01 Å². The minimum absolute atomic E-state index is 0. The van der Waals surface area contributed by atoms with Gasteiger partial charge in [-0.3, -0.25) is 0 Å². The summed E-state index contributed by atoms with van der Waals surface area (Å²) in [5, 5.41) is 0. The summed E-state index contributed by atoms with van der Waals surface area (Å²) in [6, 6.07) is 0. The topological polar surface area (TPSA) is 0 Å². The van der Waals surface area contributed by atoms with Crippen molar-refractivity contribution in [2.75, 3.05) is 0 Å². The normalized spacial score (nSPS) is 12.7. The maximum atomic E-state index is 7.17. The maximum absolute atomic E-state index is 7.17. The summed E-state index contributed by atoms with van der Waals surface area (Å²) in [4.78, 5) is 0. The second-order valence-corrected chi connectivity index (χ2v) is 4.02. The van der Waals surface area contributed by atoms with Crippen LogP contribution in [0, 0.1) is 0 Å². The average molecular weight is 331 g/mol. The standard InChI is InChI=1S/B3H7P3.Ir/c1-6(2-4)3-5;/h1-3H,4-5H2;/i1T,2T,3T;. The third kappa shape index (κ3) is 8.13. The summed E-state index contributed by atoms with van der Waals surface area (Å²) in [7, 11) is 4.93. The van der Waals surface area contributed by atoms with Gasteiger partial charge in [0.2, 0.25) is 0 Å². The van der Waals surface area contributed by atoms with E-state index >= 15 is 0 Å². The molecule has 7 heteroatoms. The fourth-order valence-electron chi connectivity index (χ4n) is 0.0497. The molecule has 0 bridgehead atoms. The van der Waals surface area contributed by atoms with E-state index in [0.29, 0.717) is 0 Å². The molecule has 0 aromatic rings. The summed E-state index contributed by atoms with van der Waals surface area (Å²) in [6.45, 7) is -0.727. The molecule has 0 aromatic carbocycles. The van der Waals surface area contributed by atoms with E-state index < -0.39 is 7.56 Å². The van der Waals surface area contributed by atoms with E-state index in [-0.39, 0.29) is 33.5 Å². The molecule has 7 heavy (non-hydrogen) atoms. The summed E-state index contributed by atoms with van der Waals surface area (Å²) < 4.78 is 21.2. The quantitative estimate of drug-likeness (QED) is 0.486. The molecule has 0 spiro atoms. The SMILES string of the molecule is [3H][B]P(B([3H])P)B([3H])P.[Ir]. The molecule has 0 aliphatic rings. The Bertz CT molecular complexity index is 73.4. The van der Waals surface area contributed by atoms with Crippen molar-refractivity contribution in [3.63, 3.8) is 0 Å². The minimum Gasteiger partial charge on any atom is -0.213 e. The monoisotopic (exact) mass is 332 g/mol. The van der Waals surface area contributed by atoms with E-state index in [1.165, 1.54) is 7.53 Å². The van der Waals surface area contributed by atoms with Crippen molar-refractivity contribution in [1.29, 1.82) is 4.01 Å². The molecular weight excluding hydrogens is 318 g/mol. The average Bonchev–Trinajstić information content (AvgIpc) is 1.64. The van der Waals surface area contributed by atoms with Crippen LogP contribution in [-0.4, -0.2) is 24.9 Å². The predicted octanol–water partition coefficient (Wildman–Crippen LogP) is -0.435. The first kappa shape index (κ1) is 5.88. The van der Waals surface area contributed by atoms with Crippen LogP contribution in [0.1, 0.15) is 0 Å². The van der Waals surface area contributed by atoms with Crippen molar-refractivity contribution in [3.05, 3.63) is 0 Å². The third-order valence-electron chi connectivity index (χ3n) is 0.344. The summed E-state index contributed by atoms with van der Waals surface area (Å²) in [5.74, 6) is 0. The fraction of sp³-hybridized carbons (Fsp3) is 0. The zero-order valence-electron chi connectivity index (χ0n) is 6.67. The molecule has 0 fully saturated rings. The van der Waals surface area contributed by atoms with Crippen LogP contribution in [0.15, 0.2) is 0 Å². The van der Waals surface area contributed by atoms with Crippen LogP contribution in [0.25, 0.3) is 0 Å². The van der Waals surface area contributed by atoms with Gasteiger partial charge in [-0.25, -0.2) is 7.56 Å². The first-order valence-corrected chi connectivity index (χ1v) is 4.32. The van der Waals surface area contributed by atoms with Gasteiger partial charge in [0.15, 0.2) is 13.4 Å². The van der Waals surface area contributed by atoms with Crippen LogP contribution in [0.3, 0.4) is 0 Å². The molecule has 0 saturated carbocycles. The van der Waals surface area contributed by atoms with Gasteiger partial charge in [-0.05, 0) is 4.01 Å². The van der Waals surface area contributed by atoms with Crippen LogP contribution >= 0.6 is 25.8 Å². The first-order chi connectivity index (χ1) is 4.09. The van der Waals surface area contributed by atoms with Gasteiger partial charge in [0, 0.05) is 20.1 Å². The van der Waals surface area contributed by atoms with Gasteiger partial charge in [0.1, 0.15) is 7.53 Å². The molecule has 0 rings (SSSR count). The zero-order valence-corrected chi connectivity index (χ0v) is 9.27. The van der Waals surface area contributed by atoms with Gasteiger partial charge in [-0.15, -0.1) is 0 Å². The number of hydrogen-bond donors (Lipinski definition) is 0. The van der Waals surface area contributed by atoms with Crippen LogP contribution in [-0.2, 0) is 20.1 Å². The fourth-order valence-corrected chi connectivity index (χ4v) is 1.34. The van der Waals surface area contributed by atoms with E-state index in [2.05, 4.69) is 18.2 Å². The molecule has 0 N–H and O–H groups in total. The second kappa shape index (κ2) is 8.13. The minimum atomic E-state index is -0.876. The molecule has 0 aliphatic heterocycles. The summed E-state index contributed by atoms with van der Waals surface area (Å²) >= 11 is 0. The molecule has 0 heterocycles. The maximum Gasteiger partial charge on any atom is 0.156 e. The molecule has 0 aromatic heterocycles. The Morgan fingerprint density at radius 3 is 2.14 bits per heavy atom. The van der Waals surface area contributed by atoms with Gasteiger partial charge in [0.25, 0.3) is 0 Å². The van der Waals surface area contributed by atoms with E-state index in [9.17, 15) is 0 Å². The van der Waals surface area contributed by atoms with Gasteiger partial charge < -0.3 is 0 Å². The molecule has 40 valence electrons. The second-order valence-electron chi connectivity index (χ2n) is 0.745. The van der Waals surface area contributed by atoms with Gasteiger partial charge >= 0.3 is 0 Å². The van der Waals surface area contributed by atoms with Gasteiger partial charge in [-0.2, -0.15) is 18.2 Å². The van der Waals surface area contributed by atoms with Crippen molar-refractivity contribution < 1.29 is 20.1 Å². The van der Waals surface area contributed by atoms with Crippen molar-refractivity contribution in [3.8, 4) is 0 Å². The summed E-state index contributed by atoms with van der Waals surface area (Å²) in [6.07, 6.45) is 0. The third-order valence-corrected chi connectivity index (χ3v) is 3.10. The smallest absolute Gasteiger partial charge is 0.156 e. The summed E-state index contributed by atoms with van der Waals surface area (Å²) in [5.41, 5.74) is 0. The van der Waals surface area contributed by atoms with Crippen LogP contribution in [0.2, 0.25) is 0 Å².